The Morgan fingerprint density at radius 1 is 0.683 bits per heavy atom. The van der Waals surface area contributed by atoms with Crippen LogP contribution in [-0.4, -0.2) is 45.3 Å². The van der Waals surface area contributed by atoms with Gasteiger partial charge in [-0.2, -0.15) is 0 Å². The summed E-state index contributed by atoms with van der Waals surface area (Å²) in [5.74, 6) is -1.74. The third-order valence-electron chi connectivity index (χ3n) is 6.48. The molecule has 4 rings (SSSR count). The fourth-order valence-electron chi connectivity index (χ4n) is 4.49. The summed E-state index contributed by atoms with van der Waals surface area (Å²) in [7, 11) is -4.20. The molecule has 0 aliphatic carbocycles. The highest BCUT2D eigenvalue weighted by molar-refractivity contribution is 7.95. The summed E-state index contributed by atoms with van der Waals surface area (Å²) in [4.78, 5) is 21.9. The molecule has 41 heavy (non-hydrogen) atoms. The molecule has 0 unspecified atom stereocenters. The number of rotatable bonds is 9. The van der Waals surface area contributed by atoms with Crippen LogP contribution in [0, 0.1) is 0 Å². The van der Waals surface area contributed by atoms with Crippen molar-refractivity contribution >= 4 is 45.2 Å². The zero-order chi connectivity index (χ0) is 29.9. The van der Waals surface area contributed by atoms with Crippen molar-refractivity contribution in [2.45, 2.75) is 24.7 Å². The fraction of sp³-hybridized carbons (Fsp3) is 0.188. The molecule has 0 saturated heterocycles. The predicted octanol–water partition coefficient (Wildman–Crippen LogP) is 4.94. The van der Waals surface area contributed by atoms with Gasteiger partial charge in [-0.05, 0) is 61.0 Å². The Labute approximate surface area is 242 Å². The van der Waals surface area contributed by atoms with Crippen molar-refractivity contribution < 1.29 is 32.0 Å². The van der Waals surface area contributed by atoms with Crippen LogP contribution in [0.3, 0.4) is 0 Å². The number of hydrogen-bond acceptors (Lipinski definition) is 7. The van der Waals surface area contributed by atoms with Gasteiger partial charge in [0.2, 0.25) is 0 Å². The van der Waals surface area contributed by atoms with E-state index in [1.54, 1.807) is 0 Å². The number of unbranched alkanes of at least 4 members (excludes halogenated alkanes) is 1. The van der Waals surface area contributed by atoms with Crippen LogP contribution in [0.1, 0.15) is 40.5 Å². The van der Waals surface area contributed by atoms with Gasteiger partial charge >= 0.3 is 11.9 Å². The lowest BCUT2D eigenvalue weighted by molar-refractivity contribution is 0.0598. The molecule has 0 radical (unpaired) electrons. The van der Waals surface area contributed by atoms with Gasteiger partial charge in [0.05, 0.1) is 36.4 Å². The maximum absolute atomic E-state index is 11.3. The maximum Gasteiger partial charge on any atom is 0.337 e. The number of methoxy groups -OCH3 is 2. The zero-order valence-corrected chi connectivity index (χ0v) is 24.9. The fourth-order valence-corrected chi connectivity index (χ4v) is 9.54. The Kier molecular flexibility index (Phi) is 11.4. The van der Waals surface area contributed by atoms with E-state index in [4.69, 9.17) is 0 Å². The van der Waals surface area contributed by atoms with Gasteiger partial charge in [0.25, 0.3) is 0 Å². The average Bonchev–Trinajstić information content (AvgIpc) is 3.02. The standard InChI is InChI=1S/C22H24P.C10H10O7S/c1-2-3-19-23(20-13-7-4-8-14-20,21-15-9-5-10-16-21)22-17-11-6-12-18-22;1-16-9(11)6-3-7(10(12)17-2)5-8(4-6)18(13,14)15/h4-18H,2-3,19H2,1H3;3-5H,1-2H3,(H,13,14,15)/q+1;/p-1. The highest BCUT2D eigenvalue weighted by Crippen LogP contribution is 2.55. The van der Waals surface area contributed by atoms with Gasteiger partial charge in [0.1, 0.15) is 33.3 Å². The second-order valence-corrected chi connectivity index (χ2v) is 14.1. The average molecular weight is 593 g/mol. The molecule has 0 aliphatic rings. The zero-order valence-electron chi connectivity index (χ0n) is 23.2. The van der Waals surface area contributed by atoms with Gasteiger partial charge in [-0.25, -0.2) is 18.0 Å². The van der Waals surface area contributed by atoms with Crippen molar-refractivity contribution in [3.63, 3.8) is 0 Å². The molecule has 0 spiro atoms. The third-order valence-corrected chi connectivity index (χ3v) is 11.8. The first kappa shape index (κ1) is 31.7. The maximum atomic E-state index is 11.3. The summed E-state index contributed by atoms with van der Waals surface area (Å²) in [6.45, 7) is 2.29. The molecule has 214 valence electrons. The number of esters is 2. The number of carbonyl (C=O) groups is 2. The van der Waals surface area contributed by atoms with Gasteiger partial charge in [-0.3, -0.25) is 0 Å². The highest BCUT2D eigenvalue weighted by Gasteiger charge is 2.44. The summed E-state index contributed by atoms with van der Waals surface area (Å²) >= 11 is 0. The van der Waals surface area contributed by atoms with E-state index in [0.29, 0.717) is 0 Å². The Morgan fingerprint density at radius 3 is 1.34 bits per heavy atom. The summed E-state index contributed by atoms with van der Waals surface area (Å²) < 4.78 is 41.5. The van der Waals surface area contributed by atoms with Crippen molar-refractivity contribution in [2.75, 3.05) is 20.4 Å². The lowest BCUT2D eigenvalue weighted by Crippen LogP contribution is -2.33. The summed E-state index contributed by atoms with van der Waals surface area (Å²) in [6.07, 6.45) is 3.72. The van der Waals surface area contributed by atoms with Gasteiger partial charge in [0, 0.05) is 0 Å². The topological polar surface area (TPSA) is 110 Å². The predicted molar refractivity (Wildman–Crippen MR) is 162 cm³/mol. The molecule has 0 amide bonds. The van der Waals surface area contributed by atoms with Crippen LogP contribution in [0.25, 0.3) is 0 Å². The molecule has 0 atom stereocenters. The monoisotopic (exact) mass is 592 g/mol. The Morgan fingerprint density at radius 2 is 1.05 bits per heavy atom. The molecule has 4 aromatic rings. The van der Waals surface area contributed by atoms with Gasteiger partial charge in [0.15, 0.2) is 0 Å². The normalized spacial score (nSPS) is 11.1. The van der Waals surface area contributed by atoms with Gasteiger partial charge in [-0.15, -0.1) is 0 Å². The Balaban J connectivity index is 0.000000233. The first-order valence-electron chi connectivity index (χ1n) is 13.0. The first-order chi connectivity index (χ1) is 19.7. The van der Waals surface area contributed by atoms with Gasteiger partial charge < -0.3 is 14.0 Å². The molecule has 9 heteroatoms. The minimum atomic E-state index is -4.80. The van der Waals surface area contributed by atoms with E-state index in [1.807, 2.05) is 0 Å². The van der Waals surface area contributed by atoms with Crippen molar-refractivity contribution in [1.29, 1.82) is 0 Å². The molecule has 0 aromatic heterocycles. The molecule has 7 nitrogen and oxygen atoms in total. The van der Waals surface area contributed by atoms with Crippen molar-refractivity contribution in [3.05, 3.63) is 120 Å². The highest BCUT2D eigenvalue weighted by atomic mass is 32.2. The second kappa shape index (κ2) is 14.7. The van der Waals surface area contributed by atoms with E-state index in [0.717, 1.165) is 32.4 Å². The van der Waals surface area contributed by atoms with E-state index >= 15 is 0 Å². The van der Waals surface area contributed by atoms with Crippen molar-refractivity contribution in [2.24, 2.45) is 0 Å². The van der Waals surface area contributed by atoms with Gasteiger partial charge in [-0.1, -0.05) is 67.9 Å². The van der Waals surface area contributed by atoms with Crippen LogP contribution < -0.4 is 15.9 Å². The van der Waals surface area contributed by atoms with E-state index in [1.165, 1.54) is 34.9 Å². The molecule has 0 bridgehead atoms. The van der Waals surface area contributed by atoms with E-state index in [2.05, 4.69) is 107 Å². The third kappa shape index (κ3) is 7.88. The van der Waals surface area contributed by atoms with E-state index in [-0.39, 0.29) is 11.1 Å². The van der Waals surface area contributed by atoms with E-state index in [9.17, 15) is 22.6 Å². The molecule has 0 aliphatic heterocycles. The number of benzene rings is 4. The van der Waals surface area contributed by atoms with Crippen LogP contribution in [0.15, 0.2) is 114 Å². The number of ether oxygens (including phenoxy) is 2. The summed E-state index contributed by atoms with van der Waals surface area (Å²) in [6, 6.07) is 36.1. The first-order valence-corrected chi connectivity index (χ1v) is 16.4. The van der Waals surface area contributed by atoms with Crippen LogP contribution >= 0.6 is 7.26 Å². The molecular formula is C32H33O7PS. The lowest BCUT2D eigenvalue weighted by Gasteiger charge is -2.27. The number of carbonyl (C=O) groups excluding carboxylic acids is 2. The van der Waals surface area contributed by atoms with Crippen LogP contribution in [0.5, 0.6) is 0 Å². The molecular weight excluding hydrogens is 559 g/mol. The van der Waals surface area contributed by atoms with Crippen LogP contribution in [0.4, 0.5) is 0 Å². The SMILES string of the molecule is CCCC[P+](c1ccccc1)(c1ccccc1)c1ccccc1.COC(=O)c1cc(C(=O)OC)cc(S(=O)(=O)[O-])c1. The summed E-state index contributed by atoms with van der Waals surface area (Å²) in [5.41, 5.74) is -0.454. The Hall–Kier alpha value is -3.84. The molecule has 0 saturated carbocycles. The largest absolute Gasteiger partial charge is 0.744 e. The lowest BCUT2D eigenvalue weighted by atomic mass is 10.1. The number of hydrogen-bond donors (Lipinski definition) is 0. The van der Waals surface area contributed by atoms with Crippen molar-refractivity contribution in [1.82, 2.24) is 0 Å². The van der Waals surface area contributed by atoms with Crippen LogP contribution in [0.2, 0.25) is 0 Å². The van der Waals surface area contributed by atoms with Crippen LogP contribution in [-0.2, 0) is 19.6 Å². The minimum Gasteiger partial charge on any atom is -0.744 e. The van der Waals surface area contributed by atoms with E-state index < -0.39 is 34.2 Å². The smallest absolute Gasteiger partial charge is 0.337 e. The van der Waals surface area contributed by atoms with Crippen molar-refractivity contribution in [3.8, 4) is 0 Å². The molecule has 0 N–H and O–H groups in total. The molecule has 0 fully saturated rings. The Bertz CT molecular complexity index is 1410. The second-order valence-electron chi connectivity index (χ2n) is 9.08. The minimum absolute atomic E-state index is 0.227. The molecule has 0 heterocycles. The molecule has 4 aromatic carbocycles. The summed E-state index contributed by atoms with van der Waals surface area (Å²) in [5, 5.41) is 4.47. The quantitative estimate of drug-likeness (QED) is 0.154.